The Labute approximate surface area is 126 Å². The minimum Gasteiger partial charge on any atom is -0.496 e. The molecular formula is C16H24N2O3. The molecule has 0 spiro atoms. The number of nitrogens with zero attached hydrogens (tertiary/aromatic N) is 1. The van der Waals surface area contributed by atoms with Crippen LogP contribution in [0.1, 0.15) is 29.3 Å². The Morgan fingerprint density at radius 1 is 1.29 bits per heavy atom. The van der Waals surface area contributed by atoms with Crippen molar-refractivity contribution in [2.75, 3.05) is 34.3 Å². The smallest absolute Gasteiger partial charge is 0.224 e. The lowest BCUT2D eigenvalue weighted by Crippen LogP contribution is -2.28. The third-order valence-electron chi connectivity index (χ3n) is 3.14. The molecule has 0 aliphatic rings. The first-order valence-corrected chi connectivity index (χ1v) is 7.03. The summed E-state index contributed by atoms with van der Waals surface area (Å²) in [6, 6.07) is 5.16. The molecule has 116 valence electrons. The van der Waals surface area contributed by atoms with E-state index in [0.717, 1.165) is 18.5 Å². The highest BCUT2D eigenvalue weighted by atomic mass is 16.5. The maximum Gasteiger partial charge on any atom is 0.224 e. The van der Waals surface area contributed by atoms with Crippen LogP contribution in [-0.2, 0) is 11.2 Å². The largest absolute Gasteiger partial charge is 0.496 e. The molecule has 1 aromatic rings. The van der Waals surface area contributed by atoms with E-state index in [4.69, 9.17) is 4.74 Å². The van der Waals surface area contributed by atoms with Gasteiger partial charge >= 0.3 is 0 Å². The van der Waals surface area contributed by atoms with Crippen LogP contribution in [0.15, 0.2) is 18.2 Å². The molecule has 21 heavy (non-hydrogen) atoms. The van der Waals surface area contributed by atoms with E-state index in [2.05, 4.69) is 10.2 Å². The molecule has 0 saturated heterocycles. The van der Waals surface area contributed by atoms with Crippen LogP contribution in [0.4, 0.5) is 0 Å². The molecular weight excluding hydrogens is 268 g/mol. The number of amides is 1. The molecule has 0 radical (unpaired) electrons. The van der Waals surface area contributed by atoms with Crippen molar-refractivity contribution in [2.24, 2.45) is 0 Å². The number of ketones is 1. The molecule has 1 rings (SSSR count). The molecule has 1 amide bonds. The fourth-order valence-corrected chi connectivity index (χ4v) is 1.99. The molecule has 0 bridgehead atoms. The normalized spacial score (nSPS) is 10.5. The standard InChI is InChI=1S/C16H24N2O3/c1-12(19)13-6-7-15(21-4)14(10-13)11-16(20)17-8-5-9-18(2)3/h6-7,10H,5,8-9,11H2,1-4H3,(H,17,20). The van der Waals surface area contributed by atoms with Crippen molar-refractivity contribution in [3.8, 4) is 5.75 Å². The summed E-state index contributed by atoms with van der Waals surface area (Å²) in [7, 11) is 5.56. The van der Waals surface area contributed by atoms with Gasteiger partial charge in [-0.15, -0.1) is 0 Å². The van der Waals surface area contributed by atoms with Crippen molar-refractivity contribution < 1.29 is 14.3 Å². The number of carbonyl (C=O) groups is 2. The Kier molecular flexibility index (Phi) is 6.88. The second-order valence-electron chi connectivity index (χ2n) is 5.27. The van der Waals surface area contributed by atoms with E-state index < -0.39 is 0 Å². The Balaban J connectivity index is 2.61. The second-order valence-corrected chi connectivity index (χ2v) is 5.27. The molecule has 5 nitrogen and oxygen atoms in total. The van der Waals surface area contributed by atoms with Crippen LogP contribution in [-0.4, -0.2) is 50.9 Å². The van der Waals surface area contributed by atoms with Gasteiger partial charge in [-0.25, -0.2) is 0 Å². The summed E-state index contributed by atoms with van der Waals surface area (Å²) < 4.78 is 5.24. The van der Waals surface area contributed by atoms with Crippen LogP contribution in [0.25, 0.3) is 0 Å². The van der Waals surface area contributed by atoms with Crippen molar-refractivity contribution in [3.63, 3.8) is 0 Å². The monoisotopic (exact) mass is 292 g/mol. The highest BCUT2D eigenvalue weighted by Gasteiger charge is 2.11. The number of carbonyl (C=O) groups excluding carboxylic acids is 2. The zero-order chi connectivity index (χ0) is 15.8. The van der Waals surface area contributed by atoms with Gasteiger partial charge in [0.05, 0.1) is 13.5 Å². The lowest BCUT2D eigenvalue weighted by molar-refractivity contribution is -0.120. The molecule has 0 aliphatic heterocycles. The summed E-state index contributed by atoms with van der Waals surface area (Å²) in [4.78, 5) is 25.4. The predicted octanol–water partition coefficient (Wildman–Crippen LogP) is 1.51. The quantitative estimate of drug-likeness (QED) is 0.583. The van der Waals surface area contributed by atoms with Gasteiger partial charge in [-0.05, 0) is 52.2 Å². The molecule has 0 unspecified atom stereocenters. The van der Waals surface area contributed by atoms with Gasteiger partial charge in [0.2, 0.25) is 5.91 Å². The maximum absolute atomic E-state index is 11.9. The Bertz CT molecular complexity index is 498. The van der Waals surface area contributed by atoms with Gasteiger partial charge in [0.25, 0.3) is 0 Å². The van der Waals surface area contributed by atoms with Crippen LogP contribution in [0.5, 0.6) is 5.75 Å². The van der Waals surface area contributed by atoms with Crippen LogP contribution in [0.3, 0.4) is 0 Å². The van der Waals surface area contributed by atoms with E-state index in [1.165, 1.54) is 6.92 Å². The number of hydrogen-bond acceptors (Lipinski definition) is 4. The predicted molar refractivity (Wildman–Crippen MR) is 82.9 cm³/mol. The number of methoxy groups -OCH3 is 1. The van der Waals surface area contributed by atoms with Gasteiger partial charge < -0.3 is 15.0 Å². The summed E-state index contributed by atoms with van der Waals surface area (Å²) >= 11 is 0. The van der Waals surface area contributed by atoms with Crippen molar-refractivity contribution >= 4 is 11.7 Å². The topological polar surface area (TPSA) is 58.6 Å². The molecule has 0 aliphatic carbocycles. The average Bonchev–Trinajstić information content (AvgIpc) is 2.43. The molecule has 0 saturated carbocycles. The number of hydrogen-bond donors (Lipinski definition) is 1. The van der Waals surface area contributed by atoms with E-state index in [-0.39, 0.29) is 18.1 Å². The van der Waals surface area contributed by atoms with Gasteiger partial charge in [-0.1, -0.05) is 0 Å². The first-order valence-electron chi connectivity index (χ1n) is 7.03. The highest BCUT2D eigenvalue weighted by Crippen LogP contribution is 2.20. The summed E-state index contributed by atoms with van der Waals surface area (Å²) in [5, 5.41) is 2.88. The number of ether oxygens (including phenoxy) is 1. The van der Waals surface area contributed by atoms with Gasteiger partial charge in [0.15, 0.2) is 5.78 Å². The minimum atomic E-state index is -0.0623. The van der Waals surface area contributed by atoms with Gasteiger partial charge in [-0.2, -0.15) is 0 Å². The Hall–Kier alpha value is -1.88. The Morgan fingerprint density at radius 2 is 2.00 bits per heavy atom. The maximum atomic E-state index is 11.9. The molecule has 5 heteroatoms. The lowest BCUT2D eigenvalue weighted by Gasteiger charge is -2.12. The van der Waals surface area contributed by atoms with E-state index in [0.29, 0.717) is 17.9 Å². The van der Waals surface area contributed by atoms with Crippen LogP contribution in [0, 0.1) is 0 Å². The average molecular weight is 292 g/mol. The van der Waals surface area contributed by atoms with Gasteiger partial charge in [-0.3, -0.25) is 9.59 Å². The van der Waals surface area contributed by atoms with Crippen molar-refractivity contribution in [1.29, 1.82) is 0 Å². The van der Waals surface area contributed by atoms with Crippen LogP contribution >= 0.6 is 0 Å². The summed E-state index contributed by atoms with van der Waals surface area (Å²) in [6.07, 6.45) is 1.12. The van der Waals surface area contributed by atoms with Crippen molar-refractivity contribution in [2.45, 2.75) is 19.8 Å². The first kappa shape index (κ1) is 17.2. The molecule has 1 aromatic carbocycles. The van der Waals surface area contributed by atoms with Crippen molar-refractivity contribution in [3.05, 3.63) is 29.3 Å². The van der Waals surface area contributed by atoms with Crippen LogP contribution < -0.4 is 10.1 Å². The SMILES string of the molecule is COc1ccc(C(C)=O)cc1CC(=O)NCCCN(C)C. The molecule has 0 heterocycles. The molecule has 0 atom stereocenters. The summed E-state index contributed by atoms with van der Waals surface area (Å²) in [5.74, 6) is 0.543. The van der Waals surface area contributed by atoms with Gasteiger partial charge in [0.1, 0.15) is 5.75 Å². The summed E-state index contributed by atoms with van der Waals surface area (Å²) in [6.45, 7) is 3.09. The zero-order valence-corrected chi connectivity index (χ0v) is 13.2. The molecule has 0 fully saturated rings. The molecule has 1 N–H and O–H groups in total. The fourth-order valence-electron chi connectivity index (χ4n) is 1.99. The number of nitrogens with one attached hydrogen (secondary N) is 1. The Morgan fingerprint density at radius 3 is 2.57 bits per heavy atom. The number of Topliss-reactive ketones (excluding diaryl/α,β-unsaturated/α-hetero) is 1. The van der Waals surface area contributed by atoms with Gasteiger partial charge in [0, 0.05) is 17.7 Å². The minimum absolute atomic E-state index is 0.0229. The summed E-state index contributed by atoms with van der Waals surface area (Å²) in [5.41, 5.74) is 1.32. The van der Waals surface area contributed by atoms with Crippen LogP contribution in [0.2, 0.25) is 0 Å². The third-order valence-corrected chi connectivity index (χ3v) is 3.14. The van der Waals surface area contributed by atoms with E-state index in [1.807, 2.05) is 14.1 Å². The number of benzene rings is 1. The lowest BCUT2D eigenvalue weighted by atomic mass is 10.0. The number of rotatable bonds is 8. The highest BCUT2D eigenvalue weighted by molar-refractivity contribution is 5.94. The second kappa shape index (κ2) is 8.42. The fraction of sp³-hybridized carbons (Fsp3) is 0.500. The van der Waals surface area contributed by atoms with E-state index in [1.54, 1.807) is 25.3 Å². The van der Waals surface area contributed by atoms with E-state index in [9.17, 15) is 9.59 Å². The third kappa shape index (κ3) is 5.95. The van der Waals surface area contributed by atoms with Crippen molar-refractivity contribution in [1.82, 2.24) is 10.2 Å². The van der Waals surface area contributed by atoms with E-state index >= 15 is 0 Å². The zero-order valence-electron chi connectivity index (χ0n) is 13.2. The molecule has 0 aromatic heterocycles. The first-order chi connectivity index (χ1) is 9.93.